The molecule has 8 heteroatoms. The van der Waals surface area contributed by atoms with Crippen LogP contribution in [0.2, 0.25) is 0 Å². The molecular weight excluding hydrogens is 392 g/mol. The van der Waals surface area contributed by atoms with Crippen LogP contribution in [0, 0.1) is 5.92 Å². The second kappa shape index (κ2) is 8.77. The maximum atomic E-state index is 12.3. The van der Waals surface area contributed by atoms with Gasteiger partial charge in [0.05, 0.1) is 5.39 Å². The number of carbonyl (C=O) groups excluding carboxylic acids is 1. The SMILES string of the molecule is CC(C)C(=O)N1CCC(c2cccc(-c3onc4ccc(/C(=N/N)NN)cc34)c2)CC1. The average molecular weight is 421 g/mol. The number of hydrazone groups is 1. The van der Waals surface area contributed by atoms with Crippen molar-refractivity contribution >= 4 is 22.6 Å². The molecule has 0 spiro atoms. The number of nitrogens with zero attached hydrogens (tertiary/aromatic N) is 3. The Labute approximate surface area is 181 Å². The number of amides is 1. The Balaban J connectivity index is 1.60. The lowest BCUT2D eigenvalue weighted by molar-refractivity contribution is -0.135. The normalized spacial score (nSPS) is 15.6. The molecule has 1 aliphatic rings. The van der Waals surface area contributed by atoms with Gasteiger partial charge in [0.1, 0.15) is 5.52 Å². The summed E-state index contributed by atoms with van der Waals surface area (Å²) in [5.41, 5.74) is 6.21. The highest BCUT2D eigenvalue weighted by molar-refractivity contribution is 6.03. The number of hydrogen-bond donors (Lipinski definition) is 3. The maximum Gasteiger partial charge on any atom is 0.225 e. The van der Waals surface area contributed by atoms with E-state index in [1.54, 1.807) is 0 Å². The van der Waals surface area contributed by atoms with Crippen LogP contribution in [0.15, 0.2) is 52.1 Å². The van der Waals surface area contributed by atoms with E-state index < -0.39 is 0 Å². The molecule has 0 radical (unpaired) electrons. The fourth-order valence-corrected chi connectivity index (χ4v) is 4.22. The van der Waals surface area contributed by atoms with Gasteiger partial charge in [-0.3, -0.25) is 4.79 Å². The average Bonchev–Trinajstić information content (AvgIpc) is 3.23. The molecule has 1 fully saturated rings. The first kappa shape index (κ1) is 20.9. The van der Waals surface area contributed by atoms with Crippen LogP contribution in [-0.4, -0.2) is 34.9 Å². The molecule has 2 heterocycles. The molecule has 8 nitrogen and oxygen atoms in total. The zero-order chi connectivity index (χ0) is 22.0. The Morgan fingerprint density at radius 2 is 2.00 bits per heavy atom. The van der Waals surface area contributed by atoms with Crippen LogP contribution in [0.25, 0.3) is 22.2 Å². The summed E-state index contributed by atoms with van der Waals surface area (Å²) in [5, 5.41) is 8.73. The standard InChI is InChI=1S/C23H28N6O2/c1-14(2)23(30)29-10-8-15(9-11-29)16-4-3-5-17(12-16)21-19-13-18(22(26-24)27-25)6-7-20(19)28-31-21/h3-7,12-15H,8-11,24-25H2,1-2H3,(H,26,27). The third kappa shape index (κ3) is 4.11. The largest absolute Gasteiger partial charge is 0.355 e. The molecule has 2 aromatic carbocycles. The van der Waals surface area contributed by atoms with E-state index in [1.165, 1.54) is 5.56 Å². The summed E-state index contributed by atoms with van der Waals surface area (Å²) in [5.74, 6) is 12.7. The van der Waals surface area contributed by atoms with Crippen LogP contribution < -0.4 is 17.1 Å². The molecule has 31 heavy (non-hydrogen) atoms. The highest BCUT2D eigenvalue weighted by Gasteiger charge is 2.25. The Morgan fingerprint density at radius 1 is 1.23 bits per heavy atom. The van der Waals surface area contributed by atoms with Crippen molar-refractivity contribution in [2.75, 3.05) is 13.1 Å². The number of aromatic nitrogens is 1. The number of hydrogen-bond acceptors (Lipinski definition) is 6. The number of hydrazine groups is 1. The van der Waals surface area contributed by atoms with E-state index in [-0.39, 0.29) is 11.8 Å². The highest BCUT2D eigenvalue weighted by atomic mass is 16.5. The zero-order valence-corrected chi connectivity index (χ0v) is 17.8. The second-order valence-electron chi connectivity index (χ2n) is 8.25. The molecule has 162 valence electrons. The monoisotopic (exact) mass is 420 g/mol. The molecule has 0 bridgehead atoms. The predicted molar refractivity (Wildman–Crippen MR) is 121 cm³/mol. The van der Waals surface area contributed by atoms with E-state index in [0.717, 1.165) is 48.0 Å². The number of amidine groups is 1. The summed E-state index contributed by atoms with van der Waals surface area (Å²) < 4.78 is 5.69. The lowest BCUT2D eigenvalue weighted by Crippen LogP contribution is -2.40. The van der Waals surface area contributed by atoms with Crippen LogP contribution in [0.4, 0.5) is 0 Å². The quantitative estimate of drug-likeness (QED) is 0.258. The molecule has 0 aliphatic carbocycles. The topological polar surface area (TPSA) is 123 Å². The first-order valence-electron chi connectivity index (χ1n) is 10.5. The van der Waals surface area contributed by atoms with Gasteiger partial charge in [-0.15, -0.1) is 0 Å². The zero-order valence-electron chi connectivity index (χ0n) is 17.8. The van der Waals surface area contributed by atoms with Crippen molar-refractivity contribution in [2.45, 2.75) is 32.6 Å². The number of benzene rings is 2. The van der Waals surface area contributed by atoms with Gasteiger partial charge in [-0.25, -0.2) is 5.84 Å². The molecule has 1 saturated heterocycles. The van der Waals surface area contributed by atoms with Gasteiger partial charge < -0.3 is 20.7 Å². The number of nitrogens with two attached hydrogens (primary N) is 2. The van der Waals surface area contributed by atoms with Crippen molar-refractivity contribution in [1.82, 2.24) is 15.5 Å². The Kier molecular flexibility index (Phi) is 5.90. The van der Waals surface area contributed by atoms with E-state index in [1.807, 2.05) is 49.1 Å². The summed E-state index contributed by atoms with van der Waals surface area (Å²) in [7, 11) is 0. The van der Waals surface area contributed by atoms with E-state index in [2.05, 4.69) is 27.8 Å². The lowest BCUT2D eigenvalue weighted by atomic mass is 9.88. The van der Waals surface area contributed by atoms with Crippen molar-refractivity contribution < 1.29 is 9.32 Å². The molecular formula is C23H28N6O2. The molecule has 0 unspecified atom stereocenters. The molecule has 1 aromatic heterocycles. The van der Waals surface area contributed by atoms with E-state index in [9.17, 15) is 4.79 Å². The van der Waals surface area contributed by atoms with Crippen LogP contribution in [0.3, 0.4) is 0 Å². The summed E-state index contributed by atoms with van der Waals surface area (Å²) in [6, 6.07) is 14.0. The van der Waals surface area contributed by atoms with Crippen LogP contribution >= 0.6 is 0 Å². The van der Waals surface area contributed by atoms with Gasteiger partial charge in [-0.05, 0) is 48.6 Å². The second-order valence-corrected chi connectivity index (χ2v) is 8.25. The third-order valence-corrected chi connectivity index (χ3v) is 5.94. The molecule has 0 saturated carbocycles. The van der Waals surface area contributed by atoms with Gasteiger partial charge in [-0.2, -0.15) is 5.10 Å². The number of likely N-dealkylation sites (tertiary alicyclic amines) is 1. The van der Waals surface area contributed by atoms with Crippen molar-refractivity contribution in [3.05, 3.63) is 53.6 Å². The number of piperidine rings is 1. The fraction of sp³-hybridized carbons (Fsp3) is 0.348. The first-order chi connectivity index (χ1) is 15.0. The molecule has 1 aliphatic heterocycles. The van der Waals surface area contributed by atoms with E-state index in [0.29, 0.717) is 17.5 Å². The number of nitrogens with one attached hydrogen (secondary N) is 1. The van der Waals surface area contributed by atoms with Crippen LogP contribution in [0.1, 0.15) is 43.7 Å². The fourth-order valence-electron chi connectivity index (χ4n) is 4.22. The van der Waals surface area contributed by atoms with Crippen molar-refractivity contribution in [1.29, 1.82) is 0 Å². The van der Waals surface area contributed by atoms with Crippen molar-refractivity contribution in [3.63, 3.8) is 0 Å². The molecule has 5 N–H and O–H groups in total. The highest BCUT2D eigenvalue weighted by Crippen LogP contribution is 2.34. The number of fused-ring (bicyclic) bond motifs is 1. The number of rotatable bonds is 4. The predicted octanol–water partition coefficient (Wildman–Crippen LogP) is 2.94. The Hall–Kier alpha value is -3.39. The third-order valence-electron chi connectivity index (χ3n) is 5.94. The minimum atomic E-state index is 0.0452. The Bertz CT molecular complexity index is 1110. The van der Waals surface area contributed by atoms with Gasteiger partial charge in [-0.1, -0.05) is 37.2 Å². The van der Waals surface area contributed by atoms with E-state index in [4.69, 9.17) is 16.2 Å². The molecule has 0 atom stereocenters. The summed E-state index contributed by atoms with van der Waals surface area (Å²) >= 11 is 0. The summed E-state index contributed by atoms with van der Waals surface area (Å²) in [6.07, 6.45) is 1.92. The minimum Gasteiger partial charge on any atom is -0.355 e. The van der Waals surface area contributed by atoms with Gasteiger partial charge in [0.15, 0.2) is 11.6 Å². The van der Waals surface area contributed by atoms with Crippen LogP contribution in [0.5, 0.6) is 0 Å². The first-order valence-corrected chi connectivity index (χ1v) is 10.5. The van der Waals surface area contributed by atoms with E-state index >= 15 is 0 Å². The minimum absolute atomic E-state index is 0.0452. The van der Waals surface area contributed by atoms with Gasteiger partial charge in [0, 0.05) is 30.1 Å². The maximum absolute atomic E-state index is 12.3. The lowest BCUT2D eigenvalue weighted by Gasteiger charge is -2.33. The molecule has 4 rings (SSSR count). The van der Waals surface area contributed by atoms with Gasteiger partial charge >= 0.3 is 0 Å². The van der Waals surface area contributed by atoms with Crippen molar-refractivity contribution in [3.8, 4) is 11.3 Å². The molecule has 3 aromatic rings. The summed E-state index contributed by atoms with van der Waals surface area (Å²) in [6.45, 7) is 5.51. The van der Waals surface area contributed by atoms with Gasteiger partial charge in [0.25, 0.3) is 0 Å². The van der Waals surface area contributed by atoms with Gasteiger partial charge in [0.2, 0.25) is 5.91 Å². The van der Waals surface area contributed by atoms with Crippen LogP contribution in [-0.2, 0) is 4.79 Å². The number of carbonyl (C=O) groups is 1. The smallest absolute Gasteiger partial charge is 0.225 e. The van der Waals surface area contributed by atoms with Crippen molar-refractivity contribution in [2.24, 2.45) is 22.7 Å². The molecule has 1 amide bonds. The Morgan fingerprint density at radius 3 is 2.68 bits per heavy atom. The summed E-state index contributed by atoms with van der Waals surface area (Å²) in [4.78, 5) is 14.3.